The Balaban J connectivity index is 1.69. The Labute approximate surface area is 162 Å². The van der Waals surface area contributed by atoms with Gasteiger partial charge in [0.2, 0.25) is 15.9 Å². The monoisotopic (exact) mass is 398 g/mol. The second-order valence-corrected chi connectivity index (χ2v) is 8.76. The predicted molar refractivity (Wildman–Crippen MR) is 101 cm³/mol. The Morgan fingerprint density at radius 1 is 0.821 bits per heavy atom. The van der Waals surface area contributed by atoms with Gasteiger partial charge in [-0.2, -0.15) is 4.31 Å². The van der Waals surface area contributed by atoms with E-state index in [0.717, 1.165) is 0 Å². The standard InChI is InChI=1S/C20H18N2O5S/c1-13(23)21-8-10-22(11-9-21)28(26,27)14-6-7-17-18(12-14)20(25)16-5-3-2-4-15(16)19(17)24/h2-7,12H,8-11H2,1H3. The lowest BCUT2D eigenvalue weighted by molar-refractivity contribution is -0.129. The van der Waals surface area contributed by atoms with Crippen molar-refractivity contribution < 1.29 is 22.8 Å². The van der Waals surface area contributed by atoms with Gasteiger partial charge >= 0.3 is 0 Å². The third-order valence-electron chi connectivity index (χ3n) is 5.22. The Morgan fingerprint density at radius 3 is 1.93 bits per heavy atom. The summed E-state index contributed by atoms with van der Waals surface area (Å²) < 4.78 is 27.3. The minimum Gasteiger partial charge on any atom is -0.340 e. The first-order valence-electron chi connectivity index (χ1n) is 8.89. The highest BCUT2D eigenvalue weighted by Crippen LogP contribution is 2.30. The molecule has 1 heterocycles. The number of hydrogen-bond donors (Lipinski definition) is 0. The number of rotatable bonds is 2. The summed E-state index contributed by atoms with van der Waals surface area (Å²) in [5.41, 5.74) is 0.928. The SMILES string of the molecule is CC(=O)N1CCN(S(=O)(=O)c2ccc3c(c2)C(=O)c2ccccc2C3=O)CC1. The molecule has 1 amide bonds. The molecule has 1 fully saturated rings. The summed E-state index contributed by atoms with van der Waals surface area (Å²) in [7, 11) is -3.83. The number of nitrogens with zero attached hydrogens (tertiary/aromatic N) is 2. The van der Waals surface area contributed by atoms with Gasteiger partial charge in [-0.25, -0.2) is 8.42 Å². The number of ketones is 2. The van der Waals surface area contributed by atoms with Crippen LogP contribution in [0.25, 0.3) is 0 Å². The molecule has 2 aromatic carbocycles. The fourth-order valence-electron chi connectivity index (χ4n) is 3.63. The van der Waals surface area contributed by atoms with Crippen molar-refractivity contribution in [3.05, 3.63) is 64.7 Å². The van der Waals surface area contributed by atoms with E-state index in [0.29, 0.717) is 18.7 Å². The van der Waals surface area contributed by atoms with E-state index in [1.54, 1.807) is 29.2 Å². The van der Waals surface area contributed by atoms with Crippen LogP contribution in [0.15, 0.2) is 47.4 Å². The highest BCUT2D eigenvalue weighted by atomic mass is 32.2. The van der Waals surface area contributed by atoms with Crippen molar-refractivity contribution in [3.63, 3.8) is 0 Å². The van der Waals surface area contributed by atoms with Crippen molar-refractivity contribution in [1.82, 2.24) is 9.21 Å². The van der Waals surface area contributed by atoms with Crippen LogP contribution in [-0.4, -0.2) is 61.3 Å². The average Bonchev–Trinajstić information content (AvgIpc) is 2.71. The average molecular weight is 398 g/mol. The fourth-order valence-corrected chi connectivity index (χ4v) is 5.08. The van der Waals surface area contributed by atoms with Crippen LogP contribution in [-0.2, 0) is 14.8 Å². The lowest BCUT2D eigenvalue weighted by Gasteiger charge is -2.33. The Morgan fingerprint density at radius 2 is 1.36 bits per heavy atom. The molecule has 1 aliphatic heterocycles. The molecule has 0 bridgehead atoms. The molecular weight excluding hydrogens is 380 g/mol. The Bertz CT molecular complexity index is 1120. The molecule has 1 aliphatic carbocycles. The number of benzene rings is 2. The molecule has 0 N–H and O–H groups in total. The maximum Gasteiger partial charge on any atom is 0.243 e. The van der Waals surface area contributed by atoms with Crippen molar-refractivity contribution in [3.8, 4) is 0 Å². The predicted octanol–water partition coefficient (Wildman–Crippen LogP) is 1.31. The number of sulfonamides is 1. The van der Waals surface area contributed by atoms with Crippen LogP contribution in [0.1, 0.15) is 38.8 Å². The zero-order chi connectivity index (χ0) is 20.1. The maximum absolute atomic E-state index is 13.0. The van der Waals surface area contributed by atoms with Crippen LogP contribution < -0.4 is 0 Å². The largest absolute Gasteiger partial charge is 0.340 e. The van der Waals surface area contributed by atoms with Gasteiger partial charge in [-0.1, -0.05) is 24.3 Å². The second kappa shape index (κ2) is 6.65. The quantitative estimate of drug-likeness (QED) is 0.649. The number of piperazine rings is 1. The zero-order valence-electron chi connectivity index (χ0n) is 15.2. The van der Waals surface area contributed by atoms with E-state index in [2.05, 4.69) is 0 Å². The highest BCUT2D eigenvalue weighted by molar-refractivity contribution is 7.89. The van der Waals surface area contributed by atoms with Crippen LogP contribution in [0.3, 0.4) is 0 Å². The number of hydrogen-bond acceptors (Lipinski definition) is 5. The smallest absolute Gasteiger partial charge is 0.243 e. The Hall–Kier alpha value is -2.84. The van der Waals surface area contributed by atoms with Gasteiger partial charge in [0.1, 0.15) is 0 Å². The third-order valence-corrected chi connectivity index (χ3v) is 7.11. The molecule has 2 aliphatic rings. The van der Waals surface area contributed by atoms with Crippen molar-refractivity contribution in [2.24, 2.45) is 0 Å². The highest BCUT2D eigenvalue weighted by Gasteiger charge is 2.33. The topological polar surface area (TPSA) is 91.8 Å². The molecule has 0 saturated carbocycles. The van der Waals surface area contributed by atoms with E-state index in [1.165, 1.54) is 29.4 Å². The van der Waals surface area contributed by atoms with Gasteiger partial charge in [-0.3, -0.25) is 14.4 Å². The van der Waals surface area contributed by atoms with E-state index in [4.69, 9.17) is 0 Å². The van der Waals surface area contributed by atoms with E-state index >= 15 is 0 Å². The first-order chi connectivity index (χ1) is 13.3. The molecule has 8 heteroatoms. The normalized spacial score (nSPS) is 17.2. The third kappa shape index (κ3) is 2.85. The lowest BCUT2D eigenvalue weighted by atomic mass is 9.84. The van der Waals surface area contributed by atoms with Gasteiger partial charge in [-0.05, 0) is 18.2 Å². The summed E-state index contributed by atoms with van der Waals surface area (Å²) in [5.74, 6) is -0.735. The molecule has 1 saturated heterocycles. The molecule has 0 spiro atoms. The van der Waals surface area contributed by atoms with Crippen LogP contribution in [0.2, 0.25) is 0 Å². The first-order valence-corrected chi connectivity index (χ1v) is 10.3. The van der Waals surface area contributed by atoms with E-state index in [-0.39, 0.29) is 52.1 Å². The zero-order valence-corrected chi connectivity index (χ0v) is 16.0. The van der Waals surface area contributed by atoms with Crippen molar-refractivity contribution in [2.75, 3.05) is 26.2 Å². The van der Waals surface area contributed by atoms with Crippen LogP contribution in [0.5, 0.6) is 0 Å². The Kier molecular flexibility index (Phi) is 4.40. The van der Waals surface area contributed by atoms with Gasteiger partial charge in [0.05, 0.1) is 4.90 Å². The number of carbonyl (C=O) groups excluding carboxylic acids is 3. The minimum atomic E-state index is -3.83. The summed E-state index contributed by atoms with van der Waals surface area (Å²) >= 11 is 0. The number of amides is 1. The molecule has 0 radical (unpaired) electrons. The van der Waals surface area contributed by atoms with E-state index in [9.17, 15) is 22.8 Å². The molecule has 2 aromatic rings. The molecule has 0 unspecified atom stereocenters. The van der Waals surface area contributed by atoms with Gasteiger partial charge in [0.25, 0.3) is 0 Å². The van der Waals surface area contributed by atoms with Crippen LogP contribution in [0, 0.1) is 0 Å². The minimum absolute atomic E-state index is 0.0249. The van der Waals surface area contributed by atoms with Crippen LogP contribution in [0.4, 0.5) is 0 Å². The van der Waals surface area contributed by atoms with Crippen molar-refractivity contribution >= 4 is 27.5 Å². The number of carbonyl (C=O) groups is 3. The van der Waals surface area contributed by atoms with Gasteiger partial charge in [0.15, 0.2) is 11.6 Å². The molecule has 4 rings (SSSR count). The summed E-state index contributed by atoms with van der Waals surface area (Å²) in [6.45, 7) is 2.48. The fraction of sp³-hybridized carbons (Fsp3) is 0.250. The summed E-state index contributed by atoms with van der Waals surface area (Å²) in [5, 5.41) is 0. The molecule has 0 aromatic heterocycles. The van der Waals surface area contributed by atoms with Crippen LogP contribution >= 0.6 is 0 Å². The van der Waals surface area contributed by atoms with Gasteiger partial charge in [0, 0.05) is 55.4 Å². The molecule has 0 atom stereocenters. The summed E-state index contributed by atoms with van der Waals surface area (Å²) in [6, 6.07) is 10.6. The van der Waals surface area contributed by atoms with Gasteiger partial charge in [-0.15, -0.1) is 0 Å². The molecular formula is C20H18N2O5S. The maximum atomic E-state index is 13.0. The second-order valence-electron chi connectivity index (χ2n) is 6.82. The van der Waals surface area contributed by atoms with Gasteiger partial charge < -0.3 is 4.90 Å². The van der Waals surface area contributed by atoms with E-state index < -0.39 is 10.0 Å². The van der Waals surface area contributed by atoms with Crippen molar-refractivity contribution in [1.29, 1.82) is 0 Å². The molecule has 28 heavy (non-hydrogen) atoms. The summed E-state index contributed by atoms with van der Waals surface area (Å²) in [4.78, 5) is 38.5. The number of fused-ring (bicyclic) bond motifs is 2. The van der Waals surface area contributed by atoms with Crippen molar-refractivity contribution in [2.45, 2.75) is 11.8 Å². The van der Waals surface area contributed by atoms with E-state index in [1.807, 2.05) is 0 Å². The lowest BCUT2D eigenvalue weighted by Crippen LogP contribution is -2.49. The first kappa shape index (κ1) is 18.5. The molecule has 144 valence electrons. The molecule has 7 nitrogen and oxygen atoms in total. The summed E-state index contributed by atoms with van der Waals surface area (Å²) in [6.07, 6.45) is 0.